The summed E-state index contributed by atoms with van der Waals surface area (Å²) >= 11 is 5.99. The van der Waals surface area contributed by atoms with Gasteiger partial charge in [-0.1, -0.05) is 24.9 Å². The molecule has 90 valence electrons. The average Bonchev–Trinajstić information content (AvgIpc) is 2.24. The van der Waals surface area contributed by atoms with E-state index in [1.165, 1.54) is 12.1 Å². The summed E-state index contributed by atoms with van der Waals surface area (Å²) in [6.07, 6.45) is 1.92. The number of hydrogen-bond donors (Lipinski definition) is 2. The maximum atomic E-state index is 13.1. The number of nitrogens with one attached hydrogen (secondary N) is 1. The van der Waals surface area contributed by atoms with Gasteiger partial charge in [-0.05, 0) is 31.5 Å². The van der Waals surface area contributed by atoms with Gasteiger partial charge in [0.2, 0.25) is 0 Å². The van der Waals surface area contributed by atoms with Crippen LogP contribution in [0.3, 0.4) is 0 Å². The van der Waals surface area contributed by atoms with Crippen molar-refractivity contribution in [3.05, 3.63) is 29.0 Å². The van der Waals surface area contributed by atoms with Gasteiger partial charge in [-0.25, -0.2) is 4.39 Å². The molecule has 1 atom stereocenters. The van der Waals surface area contributed by atoms with Gasteiger partial charge in [0.05, 0.1) is 10.7 Å². The number of hydrogen-bond acceptors (Lipinski definition) is 2. The molecule has 0 amide bonds. The largest absolute Gasteiger partial charge is 0.377 e. The molecule has 3 N–H and O–H groups in total. The van der Waals surface area contributed by atoms with E-state index in [9.17, 15) is 4.39 Å². The smallest absolute Gasteiger partial charge is 0.125 e. The van der Waals surface area contributed by atoms with Crippen LogP contribution < -0.4 is 11.1 Å². The molecule has 16 heavy (non-hydrogen) atoms. The number of anilines is 1. The molecule has 0 spiro atoms. The summed E-state index contributed by atoms with van der Waals surface area (Å²) in [5.41, 5.74) is 6.09. The molecule has 2 nitrogen and oxygen atoms in total. The van der Waals surface area contributed by atoms with Crippen molar-refractivity contribution in [3.63, 3.8) is 0 Å². The van der Waals surface area contributed by atoms with Crippen LogP contribution in [0.25, 0.3) is 0 Å². The molecule has 0 fully saturated rings. The minimum Gasteiger partial charge on any atom is -0.377 e. The van der Waals surface area contributed by atoms with Gasteiger partial charge in [-0.3, -0.25) is 0 Å². The summed E-state index contributed by atoms with van der Waals surface area (Å²) in [6, 6.07) is 4.28. The van der Waals surface area contributed by atoms with Crippen molar-refractivity contribution in [1.29, 1.82) is 0 Å². The van der Waals surface area contributed by atoms with Gasteiger partial charge < -0.3 is 11.1 Å². The maximum absolute atomic E-state index is 13.1. The van der Waals surface area contributed by atoms with Gasteiger partial charge in [-0.15, -0.1) is 0 Å². The summed E-state index contributed by atoms with van der Waals surface area (Å²) in [4.78, 5) is 0. The molecule has 0 saturated heterocycles. The van der Waals surface area contributed by atoms with Crippen LogP contribution in [0.5, 0.6) is 0 Å². The fraction of sp³-hybridized carbons (Fsp3) is 0.500. The van der Waals surface area contributed by atoms with Crippen molar-refractivity contribution >= 4 is 17.3 Å². The first-order valence-electron chi connectivity index (χ1n) is 5.44. The highest BCUT2D eigenvalue weighted by Crippen LogP contribution is 2.27. The van der Waals surface area contributed by atoms with E-state index < -0.39 is 0 Å². The second kappa shape index (κ2) is 5.51. The Balaban J connectivity index is 2.89. The van der Waals surface area contributed by atoms with E-state index in [-0.39, 0.29) is 11.4 Å². The monoisotopic (exact) mass is 244 g/mol. The van der Waals surface area contributed by atoms with Crippen LogP contribution in [0.2, 0.25) is 5.02 Å². The topological polar surface area (TPSA) is 38.0 Å². The summed E-state index contributed by atoms with van der Waals surface area (Å²) in [6.45, 7) is 4.58. The molecule has 0 aliphatic carbocycles. The molecule has 1 aromatic rings. The van der Waals surface area contributed by atoms with Crippen LogP contribution in [0.1, 0.15) is 26.7 Å². The van der Waals surface area contributed by atoms with Gasteiger partial charge in [0, 0.05) is 12.1 Å². The standard InChI is InChI=1S/C12H18ClFN2/c1-3-6-12(2,8-15)16-11-7-9(14)4-5-10(11)13/h4-5,7,16H,3,6,8,15H2,1-2H3. The normalized spacial score (nSPS) is 14.6. The third-order valence-electron chi connectivity index (χ3n) is 2.62. The van der Waals surface area contributed by atoms with Crippen molar-refractivity contribution in [2.75, 3.05) is 11.9 Å². The van der Waals surface area contributed by atoms with Crippen LogP contribution in [-0.2, 0) is 0 Å². The molecular formula is C12H18ClFN2. The Morgan fingerprint density at radius 1 is 1.50 bits per heavy atom. The summed E-state index contributed by atoms with van der Waals surface area (Å²) in [5, 5.41) is 3.73. The minimum absolute atomic E-state index is 0.244. The Bertz CT molecular complexity index is 357. The minimum atomic E-state index is -0.303. The van der Waals surface area contributed by atoms with Crippen LogP contribution >= 0.6 is 11.6 Å². The Morgan fingerprint density at radius 3 is 2.75 bits per heavy atom. The second-order valence-corrected chi connectivity index (χ2v) is 4.67. The highest BCUT2D eigenvalue weighted by molar-refractivity contribution is 6.33. The van der Waals surface area contributed by atoms with Crippen molar-refractivity contribution in [1.82, 2.24) is 0 Å². The zero-order valence-electron chi connectivity index (χ0n) is 9.69. The zero-order valence-corrected chi connectivity index (χ0v) is 10.4. The molecular weight excluding hydrogens is 227 g/mol. The lowest BCUT2D eigenvalue weighted by Crippen LogP contribution is -2.42. The van der Waals surface area contributed by atoms with Gasteiger partial charge in [0.1, 0.15) is 5.82 Å². The lowest BCUT2D eigenvalue weighted by Gasteiger charge is -2.30. The van der Waals surface area contributed by atoms with Crippen molar-refractivity contribution < 1.29 is 4.39 Å². The summed E-state index contributed by atoms with van der Waals surface area (Å²) in [5.74, 6) is -0.303. The Hall–Kier alpha value is -0.800. The molecule has 1 aromatic carbocycles. The average molecular weight is 245 g/mol. The molecule has 4 heteroatoms. The first-order chi connectivity index (χ1) is 7.50. The molecule has 0 aliphatic rings. The van der Waals surface area contributed by atoms with E-state index in [1.807, 2.05) is 6.92 Å². The first-order valence-corrected chi connectivity index (χ1v) is 5.82. The molecule has 0 radical (unpaired) electrons. The Labute approximate surface area is 101 Å². The van der Waals surface area contributed by atoms with Gasteiger partial charge in [0.15, 0.2) is 0 Å². The SMILES string of the molecule is CCCC(C)(CN)Nc1cc(F)ccc1Cl. The number of nitrogens with two attached hydrogens (primary N) is 1. The van der Waals surface area contributed by atoms with Crippen molar-refractivity contribution in [2.24, 2.45) is 5.73 Å². The van der Waals surface area contributed by atoms with E-state index in [1.54, 1.807) is 6.07 Å². The number of halogens is 2. The van der Waals surface area contributed by atoms with Crippen LogP contribution in [0.4, 0.5) is 10.1 Å². The third-order valence-corrected chi connectivity index (χ3v) is 2.95. The Morgan fingerprint density at radius 2 is 2.19 bits per heavy atom. The fourth-order valence-corrected chi connectivity index (χ4v) is 1.85. The number of rotatable bonds is 5. The van der Waals surface area contributed by atoms with E-state index in [2.05, 4.69) is 12.2 Å². The molecule has 0 aliphatic heterocycles. The lowest BCUT2D eigenvalue weighted by atomic mass is 9.96. The molecule has 1 unspecified atom stereocenters. The van der Waals surface area contributed by atoms with Crippen LogP contribution in [0, 0.1) is 5.82 Å². The van der Waals surface area contributed by atoms with Gasteiger partial charge in [0.25, 0.3) is 0 Å². The number of benzene rings is 1. The lowest BCUT2D eigenvalue weighted by molar-refractivity contribution is 0.476. The molecule has 1 rings (SSSR count). The highest BCUT2D eigenvalue weighted by Gasteiger charge is 2.21. The zero-order chi connectivity index (χ0) is 12.2. The molecule has 0 saturated carbocycles. The predicted molar refractivity (Wildman–Crippen MR) is 67.4 cm³/mol. The highest BCUT2D eigenvalue weighted by atomic mass is 35.5. The first kappa shape index (κ1) is 13.3. The maximum Gasteiger partial charge on any atom is 0.125 e. The quantitative estimate of drug-likeness (QED) is 0.833. The van der Waals surface area contributed by atoms with E-state index in [0.29, 0.717) is 17.3 Å². The fourth-order valence-electron chi connectivity index (χ4n) is 1.69. The molecule has 0 aromatic heterocycles. The predicted octanol–water partition coefficient (Wildman–Crippen LogP) is 3.41. The Kier molecular flexibility index (Phi) is 4.56. The second-order valence-electron chi connectivity index (χ2n) is 4.26. The van der Waals surface area contributed by atoms with E-state index in [4.69, 9.17) is 17.3 Å². The van der Waals surface area contributed by atoms with Crippen molar-refractivity contribution in [3.8, 4) is 0 Å². The summed E-state index contributed by atoms with van der Waals surface area (Å²) in [7, 11) is 0. The van der Waals surface area contributed by atoms with E-state index >= 15 is 0 Å². The molecule has 0 bridgehead atoms. The van der Waals surface area contributed by atoms with Gasteiger partial charge in [-0.2, -0.15) is 0 Å². The molecule has 0 heterocycles. The summed E-state index contributed by atoms with van der Waals surface area (Å²) < 4.78 is 13.1. The van der Waals surface area contributed by atoms with Crippen LogP contribution in [0.15, 0.2) is 18.2 Å². The van der Waals surface area contributed by atoms with Gasteiger partial charge >= 0.3 is 0 Å². The van der Waals surface area contributed by atoms with Crippen molar-refractivity contribution in [2.45, 2.75) is 32.2 Å². The third kappa shape index (κ3) is 3.35. The van der Waals surface area contributed by atoms with E-state index in [0.717, 1.165) is 12.8 Å². The van der Waals surface area contributed by atoms with Crippen LogP contribution in [-0.4, -0.2) is 12.1 Å².